The van der Waals surface area contributed by atoms with Gasteiger partial charge in [-0.2, -0.15) is 0 Å². The molecule has 0 aliphatic heterocycles. The van der Waals surface area contributed by atoms with Gasteiger partial charge in [0.2, 0.25) is 11.6 Å². The minimum atomic E-state index is -1.62. The predicted octanol–water partition coefficient (Wildman–Crippen LogP) is 4.00. The molecule has 0 unspecified atom stereocenters. The third-order valence-electron chi connectivity index (χ3n) is 7.55. The number of carboxylic acids is 2. The Hall–Kier alpha value is -6.44. The third kappa shape index (κ3) is 5.86. The van der Waals surface area contributed by atoms with Crippen molar-refractivity contribution in [2.75, 3.05) is 14.2 Å². The van der Waals surface area contributed by atoms with E-state index < -0.39 is 97.8 Å². The Morgan fingerprint density at radius 2 is 0.894 bits per heavy atom. The number of hydrogen-bond donors (Lipinski definition) is 8. The van der Waals surface area contributed by atoms with Crippen LogP contribution in [-0.4, -0.2) is 78.6 Å². The molecule has 0 amide bonds. The molecule has 0 aromatic heterocycles. The van der Waals surface area contributed by atoms with Crippen molar-refractivity contribution in [2.45, 2.75) is 20.3 Å². The van der Waals surface area contributed by atoms with Gasteiger partial charge in [-0.15, -0.1) is 0 Å². The lowest BCUT2D eigenvalue weighted by atomic mass is 9.87. The van der Waals surface area contributed by atoms with Crippen molar-refractivity contribution in [3.8, 4) is 46.0 Å². The molecule has 0 aliphatic rings. The summed E-state index contributed by atoms with van der Waals surface area (Å²) in [5.41, 5.74) is -3.75. The van der Waals surface area contributed by atoms with Crippen molar-refractivity contribution in [1.29, 1.82) is 0 Å². The van der Waals surface area contributed by atoms with Crippen molar-refractivity contribution in [3.05, 3.63) is 92.0 Å². The largest absolute Gasteiger partial charge is 0.508 e. The SMILES string of the molecule is COc1cc(O)cc(C(=O)O)c1C(=O)c1c(O)cc(C)c(Cc2c(C)cc(O)c(C(=O)c3c(OC)cc(O)cc3C(=O)O)c2O)c1O. The molecule has 0 fully saturated rings. The first-order valence-corrected chi connectivity index (χ1v) is 13.5. The summed E-state index contributed by atoms with van der Waals surface area (Å²) in [6.45, 7) is 2.90. The topological polar surface area (TPSA) is 249 Å². The van der Waals surface area contributed by atoms with Gasteiger partial charge in [0.1, 0.15) is 57.1 Å². The third-order valence-corrected chi connectivity index (χ3v) is 7.55. The zero-order chi connectivity index (χ0) is 35.1. The van der Waals surface area contributed by atoms with Gasteiger partial charge in [0.15, 0.2) is 0 Å². The number of ketones is 2. The second kappa shape index (κ2) is 12.5. The van der Waals surface area contributed by atoms with E-state index in [9.17, 15) is 60.0 Å². The minimum absolute atomic E-state index is 0.0586. The average Bonchev–Trinajstić information content (AvgIpc) is 2.98. The van der Waals surface area contributed by atoms with Crippen molar-refractivity contribution in [1.82, 2.24) is 0 Å². The molecule has 14 nitrogen and oxygen atoms in total. The number of phenolic OH excluding ortho intramolecular Hbond substituents is 6. The second-order valence-corrected chi connectivity index (χ2v) is 10.4. The van der Waals surface area contributed by atoms with E-state index >= 15 is 0 Å². The number of benzene rings is 4. The number of carbonyl (C=O) groups excluding carboxylic acids is 2. The maximum Gasteiger partial charge on any atom is 0.336 e. The van der Waals surface area contributed by atoms with Crippen LogP contribution in [0.2, 0.25) is 0 Å². The molecule has 0 aliphatic carbocycles. The van der Waals surface area contributed by atoms with Gasteiger partial charge in [-0.05, 0) is 49.2 Å². The van der Waals surface area contributed by atoms with Crippen LogP contribution in [-0.2, 0) is 6.42 Å². The average molecular weight is 649 g/mol. The summed E-state index contributed by atoms with van der Waals surface area (Å²) in [7, 11) is 2.22. The Bertz CT molecular complexity index is 1870. The summed E-state index contributed by atoms with van der Waals surface area (Å²) >= 11 is 0. The van der Waals surface area contributed by atoms with E-state index in [1.54, 1.807) is 0 Å². The first-order valence-electron chi connectivity index (χ1n) is 13.5. The normalized spacial score (nSPS) is 10.8. The van der Waals surface area contributed by atoms with E-state index in [0.29, 0.717) is 0 Å². The van der Waals surface area contributed by atoms with Crippen LogP contribution >= 0.6 is 0 Å². The highest BCUT2D eigenvalue weighted by Crippen LogP contribution is 2.43. The van der Waals surface area contributed by atoms with Gasteiger partial charge in [-0.25, -0.2) is 9.59 Å². The summed E-state index contributed by atoms with van der Waals surface area (Å²) in [4.78, 5) is 51.3. The van der Waals surface area contributed by atoms with Gasteiger partial charge in [-0.3, -0.25) is 9.59 Å². The predicted molar refractivity (Wildman–Crippen MR) is 162 cm³/mol. The van der Waals surface area contributed by atoms with Crippen molar-refractivity contribution >= 4 is 23.5 Å². The van der Waals surface area contributed by atoms with E-state index in [1.165, 1.54) is 13.8 Å². The standard InChI is InChI=1S/C33H28O14/c1-12-5-20(36)26(30(40)24-18(32(42)43)7-14(34)9-22(24)46-3)28(38)16(12)11-17-13(2)6-21(37)27(29(17)39)31(41)25-19(33(44)45)8-15(35)10-23(25)47-4/h5-10,34-39H,11H2,1-4H3,(H,42,43)(H,44,45). The van der Waals surface area contributed by atoms with E-state index in [2.05, 4.69) is 0 Å². The number of aryl methyl sites for hydroxylation is 2. The van der Waals surface area contributed by atoms with E-state index in [0.717, 1.165) is 50.6 Å². The fourth-order valence-electron chi connectivity index (χ4n) is 5.30. The van der Waals surface area contributed by atoms with Crippen LogP contribution in [0.4, 0.5) is 0 Å². The van der Waals surface area contributed by atoms with Crippen LogP contribution in [0.15, 0.2) is 36.4 Å². The molecule has 4 rings (SSSR count). The molecular formula is C33H28O14. The molecule has 0 bridgehead atoms. The molecular weight excluding hydrogens is 620 g/mol. The Morgan fingerprint density at radius 3 is 1.19 bits per heavy atom. The number of carboxylic acid groups (broad SMARTS) is 2. The van der Waals surface area contributed by atoms with Crippen LogP contribution in [0.25, 0.3) is 0 Å². The van der Waals surface area contributed by atoms with Gasteiger partial charge in [0.25, 0.3) is 0 Å². The number of phenols is 6. The molecule has 14 heteroatoms. The van der Waals surface area contributed by atoms with Gasteiger partial charge in [-0.1, -0.05) is 0 Å². The van der Waals surface area contributed by atoms with Crippen LogP contribution < -0.4 is 9.47 Å². The molecule has 8 N–H and O–H groups in total. The first-order chi connectivity index (χ1) is 22.0. The minimum Gasteiger partial charge on any atom is -0.508 e. The van der Waals surface area contributed by atoms with Gasteiger partial charge < -0.3 is 50.3 Å². The molecule has 244 valence electrons. The summed E-state index contributed by atoms with van der Waals surface area (Å²) < 4.78 is 10.2. The van der Waals surface area contributed by atoms with E-state index in [4.69, 9.17) is 9.47 Å². The van der Waals surface area contributed by atoms with Crippen molar-refractivity contribution < 1.29 is 69.5 Å². The molecule has 4 aromatic rings. The molecule has 4 aromatic carbocycles. The molecule has 0 atom stereocenters. The van der Waals surface area contributed by atoms with E-state index in [1.807, 2.05) is 0 Å². The maximum absolute atomic E-state index is 13.7. The lowest BCUT2D eigenvalue weighted by Gasteiger charge is -2.19. The highest BCUT2D eigenvalue weighted by atomic mass is 16.5. The number of methoxy groups -OCH3 is 2. The monoisotopic (exact) mass is 648 g/mol. The van der Waals surface area contributed by atoms with Crippen molar-refractivity contribution in [2.24, 2.45) is 0 Å². The highest BCUT2D eigenvalue weighted by Gasteiger charge is 2.32. The number of ether oxygens (including phenoxy) is 2. The fraction of sp³-hybridized carbons (Fsp3) is 0.152. The molecule has 0 saturated heterocycles. The summed E-state index contributed by atoms with van der Waals surface area (Å²) in [5, 5.41) is 83.5. The first kappa shape index (κ1) is 33.5. The smallest absolute Gasteiger partial charge is 0.336 e. The van der Waals surface area contributed by atoms with Gasteiger partial charge in [0, 0.05) is 29.7 Å². The zero-order valence-corrected chi connectivity index (χ0v) is 25.2. The molecule has 0 radical (unpaired) electrons. The Labute approximate surface area is 265 Å². The summed E-state index contributed by atoms with van der Waals surface area (Å²) in [6.07, 6.45) is -0.423. The van der Waals surface area contributed by atoms with Crippen LogP contribution in [0, 0.1) is 13.8 Å². The summed E-state index contributed by atoms with van der Waals surface area (Å²) in [5.74, 6) is -10.5. The fourth-order valence-corrected chi connectivity index (χ4v) is 5.30. The van der Waals surface area contributed by atoms with Gasteiger partial charge in [0.05, 0.1) is 36.5 Å². The van der Waals surface area contributed by atoms with Crippen molar-refractivity contribution in [3.63, 3.8) is 0 Å². The number of aromatic carboxylic acids is 2. The molecule has 0 heterocycles. The Balaban J connectivity index is 1.92. The van der Waals surface area contributed by atoms with E-state index in [-0.39, 0.29) is 33.8 Å². The van der Waals surface area contributed by atoms with Crippen LogP contribution in [0.3, 0.4) is 0 Å². The van der Waals surface area contributed by atoms with Crippen LogP contribution in [0.5, 0.6) is 46.0 Å². The van der Waals surface area contributed by atoms with Crippen LogP contribution in [0.1, 0.15) is 74.8 Å². The lowest BCUT2D eigenvalue weighted by molar-refractivity contribution is 0.0682. The number of aromatic hydroxyl groups is 6. The molecule has 47 heavy (non-hydrogen) atoms. The Kier molecular flexibility index (Phi) is 8.91. The lowest BCUT2D eigenvalue weighted by Crippen LogP contribution is -2.14. The number of carbonyl (C=O) groups is 4. The molecule has 0 saturated carbocycles. The highest BCUT2D eigenvalue weighted by molar-refractivity contribution is 6.19. The van der Waals surface area contributed by atoms with Gasteiger partial charge >= 0.3 is 11.9 Å². The zero-order valence-electron chi connectivity index (χ0n) is 25.2. The molecule has 0 spiro atoms. The number of hydrogen-bond acceptors (Lipinski definition) is 12. The number of rotatable bonds is 10. The second-order valence-electron chi connectivity index (χ2n) is 10.4. The maximum atomic E-state index is 13.7. The Morgan fingerprint density at radius 1 is 0.553 bits per heavy atom. The summed E-state index contributed by atoms with van der Waals surface area (Å²) in [6, 6.07) is 5.73. The quantitative estimate of drug-likeness (QED) is 0.113.